The van der Waals surface area contributed by atoms with Gasteiger partial charge in [-0.1, -0.05) is 23.7 Å². The van der Waals surface area contributed by atoms with Gasteiger partial charge in [-0.3, -0.25) is 9.36 Å². The Morgan fingerprint density at radius 1 is 1.12 bits per heavy atom. The number of hydrogen-bond donors (Lipinski definition) is 0. The molecule has 0 aliphatic rings. The number of rotatable bonds is 1. The Labute approximate surface area is 149 Å². The molecule has 5 nitrogen and oxygen atoms in total. The second-order valence-electron chi connectivity index (χ2n) is 5.71. The molecule has 0 saturated carbocycles. The molecular formula is C17H10ClF3N4O. The first kappa shape index (κ1) is 16.6. The lowest BCUT2D eigenvalue weighted by molar-refractivity contribution is -0.141. The molecule has 4 aromatic rings. The molecule has 0 aliphatic carbocycles. The minimum atomic E-state index is -4.64. The smallest absolute Gasteiger partial charge is 0.329 e. The van der Waals surface area contributed by atoms with Gasteiger partial charge in [0.15, 0.2) is 0 Å². The van der Waals surface area contributed by atoms with E-state index in [2.05, 4.69) is 9.97 Å². The van der Waals surface area contributed by atoms with Crippen LogP contribution in [0.4, 0.5) is 13.2 Å². The van der Waals surface area contributed by atoms with E-state index in [0.29, 0.717) is 5.39 Å². The molecule has 132 valence electrons. The van der Waals surface area contributed by atoms with E-state index in [9.17, 15) is 18.0 Å². The van der Waals surface area contributed by atoms with E-state index < -0.39 is 17.4 Å². The van der Waals surface area contributed by atoms with Gasteiger partial charge in [0.25, 0.3) is 5.56 Å². The quantitative estimate of drug-likeness (QED) is 0.504. The van der Waals surface area contributed by atoms with Gasteiger partial charge in [-0.05, 0) is 24.3 Å². The molecule has 0 atom stereocenters. The Morgan fingerprint density at radius 3 is 2.54 bits per heavy atom. The van der Waals surface area contributed by atoms with Crippen molar-refractivity contribution in [2.24, 2.45) is 7.05 Å². The van der Waals surface area contributed by atoms with Crippen LogP contribution >= 0.6 is 11.6 Å². The average Bonchev–Trinajstić information content (AvgIpc) is 2.97. The molecule has 0 spiro atoms. The van der Waals surface area contributed by atoms with Crippen LogP contribution in [0.3, 0.4) is 0 Å². The number of para-hydroxylation sites is 1. The molecule has 9 heteroatoms. The van der Waals surface area contributed by atoms with Gasteiger partial charge in [0.05, 0.1) is 17.0 Å². The van der Waals surface area contributed by atoms with E-state index >= 15 is 0 Å². The van der Waals surface area contributed by atoms with E-state index in [1.54, 1.807) is 31.3 Å². The third-order valence-electron chi connectivity index (χ3n) is 4.07. The lowest BCUT2D eigenvalue weighted by atomic mass is 10.2. The van der Waals surface area contributed by atoms with Gasteiger partial charge in [-0.25, -0.2) is 9.97 Å². The first-order valence-corrected chi connectivity index (χ1v) is 7.85. The molecular weight excluding hydrogens is 369 g/mol. The minimum absolute atomic E-state index is 0.149. The van der Waals surface area contributed by atoms with Gasteiger partial charge in [-0.2, -0.15) is 13.2 Å². The highest BCUT2D eigenvalue weighted by Gasteiger charge is 2.33. The largest absolute Gasteiger partial charge is 0.433 e. The fourth-order valence-corrected chi connectivity index (χ4v) is 3.12. The third kappa shape index (κ3) is 2.37. The minimum Gasteiger partial charge on any atom is -0.329 e. The fourth-order valence-electron chi connectivity index (χ4n) is 2.90. The Balaban J connectivity index is 2.26. The van der Waals surface area contributed by atoms with Crippen LogP contribution in [0, 0.1) is 0 Å². The topological polar surface area (TPSA) is 52.7 Å². The Bertz CT molecular complexity index is 1230. The van der Waals surface area contributed by atoms with Crippen molar-refractivity contribution in [1.82, 2.24) is 19.1 Å². The van der Waals surface area contributed by atoms with Crippen molar-refractivity contribution >= 4 is 33.7 Å². The summed E-state index contributed by atoms with van der Waals surface area (Å²) in [6.45, 7) is 0. The summed E-state index contributed by atoms with van der Waals surface area (Å²) < 4.78 is 42.1. The van der Waals surface area contributed by atoms with E-state index in [-0.39, 0.29) is 27.4 Å². The third-order valence-corrected chi connectivity index (χ3v) is 4.39. The standard InChI is InChI=1S/C17H10ClF3N4O/c1-24-8-22-13-9-6-7-12(17(19,20)21)23-15(9)25(16(26)14(13)24)11-5-3-2-4-10(11)18/h2-8H,1H3. The monoisotopic (exact) mass is 378 g/mol. The maximum absolute atomic E-state index is 13.2. The normalized spacial score (nSPS) is 12.2. The predicted molar refractivity (Wildman–Crippen MR) is 91.6 cm³/mol. The van der Waals surface area contributed by atoms with Crippen molar-refractivity contribution in [3.63, 3.8) is 0 Å². The number of fused-ring (bicyclic) bond motifs is 3. The predicted octanol–water partition coefficient (Wildman–Crippen LogP) is 3.94. The lowest BCUT2D eigenvalue weighted by Crippen LogP contribution is -2.22. The number of pyridine rings is 2. The van der Waals surface area contributed by atoms with E-state index in [0.717, 1.165) is 10.6 Å². The van der Waals surface area contributed by atoms with Crippen molar-refractivity contribution in [2.45, 2.75) is 6.18 Å². The van der Waals surface area contributed by atoms with E-state index in [4.69, 9.17) is 11.6 Å². The summed E-state index contributed by atoms with van der Waals surface area (Å²) in [4.78, 5) is 20.9. The number of imidazole rings is 1. The molecule has 0 aliphatic heterocycles. The Kier molecular flexibility index (Phi) is 3.55. The van der Waals surface area contributed by atoms with Crippen LogP contribution in [0.25, 0.3) is 27.8 Å². The van der Waals surface area contributed by atoms with Crippen molar-refractivity contribution in [3.8, 4) is 5.69 Å². The first-order chi connectivity index (χ1) is 12.3. The van der Waals surface area contributed by atoms with Gasteiger partial charge in [0.1, 0.15) is 22.4 Å². The number of benzene rings is 1. The molecule has 0 saturated heterocycles. The van der Waals surface area contributed by atoms with Gasteiger partial charge in [0.2, 0.25) is 0 Å². The van der Waals surface area contributed by atoms with Crippen LogP contribution in [0.2, 0.25) is 5.02 Å². The maximum atomic E-state index is 13.2. The Morgan fingerprint density at radius 2 is 1.85 bits per heavy atom. The van der Waals surface area contributed by atoms with E-state index in [1.165, 1.54) is 17.0 Å². The number of hydrogen-bond acceptors (Lipinski definition) is 3. The lowest BCUT2D eigenvalue weighted by Gasteiger charge is -2.14. The van der Waals surface area contributed by atoms with E-state index in [1.807, 2.05) is 0 Å². The van der Waals surface area contributed by atoms with Crippen LogP contribution in [-0.2, 0) is 13.2 Å². The van der Waals surface area contributed by atoms with Crippen LogP contribution in [0.1, 0.15) is 5.69 Å². The zero-order valence-electron chi connectivity index (χ0n) is 13.3. The summed E-state index contributed by atoms with van der Waals surface area (Å²) in [6.07, 6.45) is -3.21. The van der Waals surface area contributed by atoms with Gasteiger partial charge < -0.3 is 4.57 Å². The average molecular weight is 379 g/mol. The summed E-state index contributed by atoms with van der Waals surface area (Å²) >= 11 is 6.19. The molecule has 0 amide bonds. The number of alkyl halides is 3. The molecule has 0 unspecified atom stereocenters. The second kappa shape index (κ2) is 5.57. The van der Waals surface area contributed by atoms with Crippen molar-refractivity contribution in [1.29, 1.82) is 0 Å². The van der Waals surface area contributed by atoms with Crippen LogP contribution < -0.4 is 5.56 Å². The SMILES string of the molecule is Cn1cnc2c3ccc(C(F)(F)F)nc3n(-c3ccccc3Cl)c(=O)c21. The highest BCUT2D eigenvalue weighted by Crippen LogP contribution is 2.31. The number of nitrogens with zero attached hydrogens (tertiary/aromatic N) is 4. The molecule has 0 fully saturated rings. The highest BCUT2D eigenvalue weighted by molar-refractivity contribution is 6.32. The van der Waals surface area contributed by atoms with Crippen LogP contribution in [0.5, 0.6) is 0 Å². The second-order valence-corrected chi connectivity index (χ2v) is 6.12. The summed E-state index contributed by atoms with van der Waals surface area (Å²) in [7, 11) is 1.64. The number of halogens is 4. The van der Waals surface area contributed by atoms with Crippen molar-refractivity contribution in [3.05, 3.63) is 63.8 Å². The number of aryl methyl sites for hydroxylation is 1. The van der Waals surface area contributed by atoms with Gasteiger partial charge >= 0.3 is 6.18 Å². The summed E-state index contributed by atoms with van der Waals surface area (Å²) in [5, 5.41) is 0.546. The van der Waals surface area contributed by atoms with Gasteiger partial charge in [0, 0.05) is 12.4 Å². The highest BCUT2D eigenvalue weighted by atomic mass is 35.5. The molecule has 3 heterocycles. The summed E-state index contributed by atoms with van der Waals surface area (Å²) in [5.41, 5.74) is -1.01. The molecule has 0 radical (unpaired) electrons. The first-order valence-electron chi connectivity index (χ1n) is 7.48. The summed E-state index contributed by atoms with van der Waals surface area (Å²) in [6, 6.07) is 8.55. The maximum Gasteiger partial charge on any atom is 0.433 e. The molecule has 26 heavy (non-hydrogen) atoms. The fraction of sp³-hybridized carbons (Fsp3) is 0.118. The van der Waals surface area contributed by atoms with Gasteiger partial charge in [-0.15, -0.1) is 0 Å². The summed E-state index contributed by atoms with van der Waals surface area (Å²) in [5.74, 6) is 0. The zero-order valence-corrected chi connectivity index (χ0v) is 14.0. The molecule has 1 aromatic carbocycles. The molecule has 3 aromatic heterocycles. The van der Waals surface area contributed by atoms with Crippen LogP contribution in [-0.4, -0.2) is 19.1 Å². The van der Waals surface area contributed by atoms with Crippen LogP contribution in [0.15, 0.2) is 47.5 Å². The molecule has 0 bridgehead atoms. The van der Waals surface area contributed by atoms with Crippen molar-refractivity contribution in [2.75, 3.05) is 0 Å². The van der Waals surface area contributed by atoms with Crippen molar-refractivity contribution < 1.29 is 13.2 Å². The molecule has 0 N–H and O–H groups in total. The Hall–Kier alpha value is -2.87. The number of aromatic nitrogens is 4. The molecule has 4 rings (SSSR count). The zero-order chi connectivity index (χ0) is 18.6.